The molecule has 28 heavy (non-hydrogen) atoms. The van der Waals surface area contributed by atoms with E-state index in [4.69, 9.17) is 4.74 Å². The third kappa shape index (κ3) is 3.19. The molecule has 2 aromatic carbocycles. The van der Waals surface area contributed by atoms with Crippen LogP contribution in [0.1, 0.15) is 30.0 Å². The summed E-state index contributed by atoms with van der Waals surface area (Å²) in [4.78, 5) is 29.1. The molecule has 0 spiro atoms. The summed E-state index contributed by atoms with van der Waals surface area (Å²) in [6.07, 6.45) is -0.0111. The molecule has 2 N–H and O–H groups in total. The van der Waals surface area contributed by atoms with E-state index in [1.165, 1.54) is 0 Å². The molecule has 0 aliphatic carbocycles. The van der Waals surface area contributed by atoms with Gasteiger partial charge < -0.3 is 19.9 Å². The van der Waals surface area contributed by atoms with Gasteiger partial charge in [-0.1, -0.05) is 18.2 Å². The monoisotopic (exact) mass is 378 g/mol. The summed E-state index contributed by atoms with van der Waals surface area (Å²) in [6.45, 7) is 5.01. The van der Waals surface area contributed by atoms with Crippen molar-refractivity contribution in [1.82, 2.24) is 14.9 Å². The highest BCUT2D eigenvalue weighted by molar-refractivity contribution is 6.03. The van der Waals surface area contributed by atoms with Gasteiger partial charge in [-0.3, -0.25) is 9.59 Å². The van der Waals surface area contributed by atoms with Gasteiger partial charge in [-0.05, 0) is 38.1 Å². The molecule has 0 bridgehead atoms. The fourth-order valence-electron chi connectivity index (χ4n) is 3.46. The highest BCUT2D eigenvalue weighted by atomic mass is 16.5. The number of ether oxygens (including phenoxy) is 1. The molecule has 1 atom stereocenters. The number of benzene rings is 2. The Balaban J connectivity index is 1.48. The van der Waals surface area contributed by atoms with Gasteiger partial charge in [0.2, 0.25) is 0 Å². The van der Waals surface area contributed by atoms with Crippen LogP contribution in [0.3, 0.4) is 0 Å². The fourth-order valence-corrected chi connectivity index (χ4v) is 3.46. The third-order valence-corrected chi connectivity index (χ3v) is 4.87. The molecule has 0 saturated carbocycles. The topological polar surface area (TPSA) is 85.2 Å². The number of imidazole rings is 1. The van der Waals surface area contributed by atoms with E-state index in [0.717, 1.165) is 23.4 Å². The van der Waals surface area contributed by atoms with Crippen LogP contribution in [0.15, 0.2) is 42.5 Å². The molecule has 2 heterocycles. The van der Waals surface area contributed by atoms with Gasteiger partial charge in [-0.15, -0.1) is 0 Å². The van der Waals surface area contributed by atoms with E-state index in [9.17, 15) is 9.59 Å². The van der Waals surface area contributed by atoms with E-state index in [1.807, 2.05) is 18.2 Å². The van der Waals surface area contributed by atoms with Gasteiger partial charge in [0, 0.05) is 19.5 Å². The molecule has 4 rings (SSSR count). The van der Waals surface area contributed by atoms with Crippen molar-refractivity contribution in [3.63, 3.8) is 0 Å². The average Bonchev–Trinajstić information content (AvgIpc) is 3.05. The Hall–Kier alpha value is -3.35. The van der Waals surface area contributed by atoms with Crippen molar-refractivity contribution in [1.29, 1.82) is 0 Å². The number of para-hydroxylation sites is 3. The van der Waals surface area contributed by atoms with Crippen molar-refractivity contribution in [3.05, 3.63) is 53.9 Å². The third-order valence-electron chi connectivity index (χ3n) is 4.87. The number of fused-ring (bicyclic) bond motifs is 2. The van der Waals surface area contributed by atoms with Gasteiger partial charge >= 0.3 is 0 Å². The number of hydrogen-bond acceptors (Lipinski definition) is 4. The van der Waals surface area contributed by atoms with Crippen LogP contribution in [0.2, 0.25) is 0 Å². The molecular weight excluding hydrogens is 356 g/mol. The summed E-state index contributed by atoms with van der Waals surface area (Å²) in [7, 11) is 0. The van der Waals surface area contributed by atoms with Crippen LogP contribution in [0.4, 0.5) is 5.69 Å². The largest absolute Gasteiger partial charge is 0.478 e. The standard InChI is InChI=1S/C21H22N4O3/c1-3-25-17-10-5-4-8-15(17)23-18(25)11-12-22-21(27)14-7-6-9-16-19(14)28-13(2)20(26)24-16/h4-10,13H,3,11-12H2,1-2H3,(H,22,27)(H,24,26)/t13-/m1/s1. The predicted molar refractivity (Wildman–Crippen MR) is 107 cm³/mol. The number of nitrogens with zero attached hydrogens (tertiary/aromatic N) is 2. The van der Waals surface area contributed by atoms with Crippen LogP contribution in [-0.2, 0) is 17.8 Å². The number of carbonyl (C=O) groups excluding carboxylic acids is 2. The zero-order valence-electron chi connectivity index (χ0n) is 15.9. The molecule has 0 radical (unpaired) electrons. The zero-order valence-corrected chi connectivity index (χ0v) is 15.9. The first-order chi connectivity index (χ1) is 13.6. The van der Waals surface area contributed by atoms with E-state index in [-0.39, 0.29) is 11.8 Å². The Morgan fingerprint density at radius 3 is 2.89 bits per heavy atom. The summed E-state index contributed by atoms with van der Waals surface area (Å²) in [6, 6.07) is 13.2. The van der Waals surface area contributed by atoms with Gasteiger partial charge in [0.25, 0.3) is 11.8 Å². The lowest BCUT2D eigenvalue weighted by atomic mass is 10.1. The van der Waals surface area contributed by atoms with Crippen LogP contribution in [0.25, 0.3) is 11.0 Å². The highest BCUT2D eigenvalue weighted by Crippen LogP contribution is 2.33. The highest BCUT2D eigenvalue weighted by Gasteiger charge is 2.27. The van der Waals surface area contributed by atoms with Crippen molar-refractivity contribution < 1.29 is 14.3 Å². The number of anilines is 1. The van der Waals surface area contributed by atoms with Crippen LogP contribution in [-0.4, -0.2) is 34.0 Å². The Bertz CT molecular complexity index is 1060. The molecular formula is C21H22N4O3. The van der Waals surface area contributed by atoms with E-state index in [2.05, 4.69) is 33.2 Å². The maximum Gasteiger partial charge on any atom is 0.265 e. The maximum atomic E-state index is 12.7. The van der Waals surface area contributed by atoms with Gasteiger partial charge in [0.1, 0.15) is 5.82 Å². The smallest absolute Gasteiger partial charge is 0.265 e. The van der Waals surface area contributed by atoms with E-state index < -0.39 is 6.10 Å². The van der Waals surface area contributed by atoms with E-state index in [1.54, 1.807) is 25.1 Å². The number of rotatable bonds is 5. The molecule has 7 nitrogen and oxygen atoms in total. The average molecular weight is 378 g/mol. The zero-order chi connectivity index (χ0) is 19.7. The second-order valence-corrected chi connectivity index (χ2v) is 6.70. The quantitative estimate of drug-likeness (QED) is 0.715. The molecule has 7 heteroatoms. The van der Waals surface area contributed by atoms with Crippen molar-refractivity contribution in [3.8, 4) is 5.75 Å². The second kappa shape index (κ2) is 7.34. The van der Waals surface area contributed by atoms with E-state index >= 15 is 0 Å². The number of carbonyl (C=O) groups is 2. The normalized spacial score (nSPS) is 15.6. The van der Waals surface area contributed by atoms with Crippen molar-refractivity contribution >= 4 is 28.5 Å². The summed E-state index contributed by atoms with van der Waals surface area (Å²) < 4.78 is 7.81. The van der Waals surface area contributed by atoms with Crippen molar-refractivity contribution in [2.45, 2.75) is 32.9 Å². The molecule has 0 unspecified atom stereocenters. The summed E-state index contributed by atoms with van der Waals surface area (Å²) in [5, 5.41) is 5.69. The van der Waals surface area contributed by atoms with Crippen molar-refractivity contribution in [2.75, 3.05) is 11.9 Å². The number of hydrogen-bond donors (Lipinski definition) is 2. The van der Waals surface area contributed by atoms with Gasteiger partial charge in [-0.2, -0.15) is 0 Å². The number of nitrogens with one attached hydrogen (secondary N) is 2. The van der Waals surface area contributed by atoms with Crippen molar-refractivity contribution in [2.24, 2.45) is 0 Å². The molecule has 3 aromatic rings. The summed E-state index contributed by atoms with van der Waals surface area (Å²) >= 11 is 0. The molecule has 0 saturated heterocycles. The number of aryl methyl sites for hydroxylation is 1. The number of amides is 2. The molecule has 2 amide bonds. The number of aromatic nitrogens is 2. The van der Waals surface area contributed by atoms with Gasteiger partial charge in [-0.25, -0.2) is 4.98 Å². The Morgan fingerprint density at radius 1 is 1.25 bits per heavy atom. The minimum Gasteiger partial charge on any atom is -0.478 e. The molecule has 1 aliphatic heterocycles. The van der Waals surface area contributed by atoms with Gasteiger partial charge in [0.05, 0.1) is 22.3 Å². The Morgan fingerprint density at radius 2 is 2.07 bits per heavy atom. The lowest BCUT2D eigenvalue weighted by Crippen LogP contribution is -2.36. The molecule has 1 aliphatic rings. The molecule has 1 aromatic heterocycles. The van der Waals surface area contributed by atoms with Crippen LogP contribution < -0.4 is 15.4 Å². The van der Waals surface area contributed by atoms with Gasteiger partial charge in [0.15, 0.2) is 11.9 Å². The lowest BCUT2D eigenvalue weighted by molar-refractivity contribution is -0.122. The first kappa shape index (κ1) is 18.0. The SMILES string of the molecule is CCn1c(CCNC(=O)c2cccc3c2O[C@H](C)C(=O)N3)nc2ccccc21. The first-order valence-electron chi connectivity index (χ1n) is 9.41. The summed E-state index contributed by atoms with van der Waals surface area (Å²) in [5.41, 5.74) is 2.99. The minimum atomic E-state index is -0.633. The van der Waals surface area contributed by atoms with Crippen LogP contribution in [0.5, 0.6) is 5.75 Å². The predicted octanol–water partition coefficient (Wildman–Crippen LogP) is 2.75. The molecule has 0 fully saturated rings. The Kier molecular flexibility index (Phi) is 4.73. The molecule has 144 valence electrons. The first-order valence-corrected chi connectivity index (χ1v) is 9.41. The minimum absolute atomic E-state index is 0.219. The maximum absolute atomic E-state index is 12.7. The van der Waals surface area contributed by atoms with Crippen LogP contribution in [0, 0.1) is 0 Å². The van der Waals surface area contributed by atoms with E-state index in [0.29, 0.717) is 30.0 Å². The van der Waals surface area contributed by atoms with Crippen LogP contribution >= 0.6 is 0 Å². The lowest BCUT2D eigenvalue weighted by Gasteiger charge is -2.25. The Labute approximate surface area is 162 Å². The fraction of sp³-hybridized carbons (Fsp3) is 0.286. The summed E-state index contributed by atoms with van der Waals surface area (Å²) in [5.74, 6) is 0.895. The second-order valence-electron chi connectivity index (χ2n) is 6.70.